The number of hydrogen-bond acceptors (Lipinski definition) is 4. The lowest BCUT2D eigenvalue weighted by Gasteiger charge is -2.14. The van der Waals surface area contributed by atoms with Gasteiger partial charge in [-0.05, 0) is 37.9 Å². The van der Waals surface area contributed by atoms with Gasteiger partial charge < -0.3 is 10.6 Å². The molecule has 2 rings (SSSR count). The molecule has 2 aromatic carbocycles. The average molecular weight is 279 g/mol. The molecule has 0 aliphatic carbocycles. The van der Waals surface area contributed by atoms with Crippen LogP contribution in [0.3, 0.4) is 0 Å². The molecule has 0 aliphatic heterocycles. The smallest absolute Gasteiger partial charge is 0.195 e. The maximum atomic E-state index is 12.7. The summed E-state index contributed by atoms with van der Waals surface area (Å²) in [5.74, 6) is -0.116. The number of carbonyl (C=O) groups excluding carboxylic acids is 1. The lowest BCUT2D eigenvalue weighted by molar-refractivity contribution is 0.103. The Kier molecular flexibility index (Phi) is 4.36. The first-order chi connectivity index (χ1) is 10.0. The van der Waals surface area contributed by atoms with Crippen LogP contribution in [0.15, 0.2) is 42.5 Å². The third-order valence-corrected chi connectivity index (χ3v) is 3.17. The van der Waals surface area contributed by atoms with Crippen LogP contribution in [0.5, 0.6) is 0 Å². The van der Waals surface area contributed by atoms with Gasteiger partial charge in [0.25, 0.3) is 0 Å². The Morgan fingerprint density at radius 3 is 2.52 bits per heavy atom. The lowest BCUT2D eigenvalue weighted by Crippen LogP contribution is -2.15. The number of nitriles is 1. The highest BCUT2D eigenvalue weighted by atomic mass is 16.1. The third kappa shape index (κ3) is 3.28. The molecule has 0 radical (unpaired) electrons. The number of ketones is 1. The summed E-state index contributed by atoms with van der Waals surface area (Å²) < 4.78 is 0. The molecule has 2 N–H and O–H groups in total. The Balaban J connectivity index is 2.43. The van der Waals surface area contributed by atoms with Gasteiger partial charge in [0.2, 0.25) is 0 Å². The number of rotatable bonds is 4. The molecule has 0 amide bonds. The molecule has 2 aromatic rings. The van der Waals surface area contributed by atoms with E-state index >= 15 is 0 Å². The van der Waals surface area contributed by atoms with Crippen LogP contribution in [0, 0.1) is 11.3 Å². The molecule has 0 atom stereocenters. The Hall–Kier alpha value is -2.64. The van der Waals surface area contributed by atoms with Crippen molar-refractivity contribution in [2.75, 3.05) is 19.8 Å². The molecule has 0 unspecified atom stereocenters. The van der Waals surface area contributed by atoms with Crippen molar-refractivity contribution < 1.29 is 4.79 Å². The van der Waals surface area contributed by atoms with E-state index in [4.69, 9.17) is 11.0 Å². The summed E-state index contributed by atoms with van der Waals surface area (Å²) in [7, 11) is 3.91. The highest BCUT2D eigenvalue weighted by Crippen LogP contribution is 2.21. The summed E-state index contributed by atoms with van der Waals surface area (Å²) in [6, 6.07) is 14.3. The van der Waals surface area contributed by atoms with Crippen molar-refractivity contribution in [3.8, 4) is 6.07 Å². The third-order valence-electron chi connectivity index (χ3n) is 3.17. The van der Waals surface area contributed by atoms with E-state index in [-0.39, 0.29) is 5.78 Å². The van der Waals surface area contributed by atoms with E-state index in [1.54, 1.807) is 18.2 Å². The largest absolute Gasteiger partial charge is 0.398 e. The molecule has 106 valence electrons. The number of anilines is 1. The lowest BCUT2D eigenvalue weighted by atomic mass is 9.96. The van der Waals surface area contributed by atoms with Gasteiger partial charge in [0.15, 0.2) is 5.78 Å². The predicted octanol–water partition coefficient (Wildman–Crippen LogP) is 2.43. The Morgan fingerprint density at radius 2 is 1.90 bits per heavy atom. The molecule has 0 aliphatic rings. The second-order valence-electron chi connectivity index (χ2n) is 5.14. The van der Waals surface area contributed by atoms with Crippen LogP contribution in [0.2, 0.25) is 0 Å². The van der Waals surface area contributed by atoms with E-state index in [1.807, 2.05) is 43.3 Å². The van der Waals surface area contributed by atoms with Gasteiger partial charge in [-0.2, -0.15) is 5.26 Å². The van der Waals surface area contributed by atoms with Crippen LogP contribution in [-0.2, 0) is 6.54 Å². The number of nitrogen functional groups attached to an aromatic ring is 1. The number of nitrogens with zero attached hydrogens (tertiary/aromatic N) is 2. The standard InChI is InChI=1S/C17H17N3O/c1-20(2)11-13-5-3-4-6-14(13)17(21)15-8-7-12(10-18)9-16(15)19/h3-9H,11,19H2,1-2H3. The Bertz CT molecular complexity index is 714. The van der Waals surface area contributed by atoms with Gasteiger partial charge in [-0.15, -0.1) is 0 Å². The first-order valence-corrected chi connectivity index (χ1v) is 6.60. The van der Waals surface area contributed by atoms with Gasteiger partial charge in [-0.25, -0.2) is 0 Å². The summed E-state index contributed by atoms with van der Waals surface area (Å²) in [4.78, 5) is 14.7. The van der Waals surface area contributed by atoms with Crippen molar-refractivity contribution >= 4 is 11.5 Å². The second kappa shape index (κ2) is 6.21. The number of carbonyl (C=O) groups is 1. The molecule has 0 fully saturated rings. The number of benzene rings is 2. The van der Waals surface area contributed by atoms with Gasteiger partial charge in [-0.1, -0.05) is 24.3 Å². The summed E-state index contributed by atoms with van der Waals surface area (Å²) >= 11 is 0. The minimum Gasteiger partial charge on any atom is -0.398 e. The molecule has 4 nitrogen and oxygen atoms in total. The molecular weight excluding hydrogens is 262 g/mol. The highest BCUT2D eigenvalue weighted by molar-refractivity contribution is 6.13. The van der Waals surface area contributed by atoms with Crippen molar-refractivity contribution in [3.63, 3.8) is 0 Å². The van der Waals surface area contributed by atoms with Gasteiger partial charge in [-0.3, -0.25) is 4.79 Å². The monoisotopic (exact) mass is 279 g/mol. The first kappa shape index (κ1) is 14.8. The van der Waals surface area contributed by atoms with E-state index in [9.17, 15) is 4.79 Å². The molecule has 4 heteroatoms. The van der Waals surface area contributed by atoms with E-state index in [2.05, 4.69) is 0 Å². The second-order valence-corrected chi connectivity index (χ2v) is 5.14. The first-order valence-electron chi connectivity index (χ1n) is 6.60. The van der Waals surface area contributed by atoms with Crippen molar-refractivity contribution in [1.82, 2.24) is 4.90 Å². The van der Waals surface area contributed by atoms with Crippen LogP contribution in [0.25, 0.3) is 0 Å². The van der Waals surface area contributed by atoms with Crippen molar-refractivity contribution in [2.45, 2.75) is 6.54 Å². The van der Waals surface area contributed by atoms with Gasteiger partial charge in [0.1, 0.15) is 0 Å². The summed E-state index contributed by atoms with van der Waals surface area (Å²) in [5.41, 5.74) is 8.71. The maximum absolute atomic E-state index is 12.7. The van der Waals surface area contributed by atoms with Crippen LogP contribution in [0.1, 0.15) is 27.0 Å². The Morgan fingerprint density at radius 1 is 1.19 bits per heavy atom. The minimum atomic E-state index is -0.116. The SMILES string of the molecule is CN(C)Cc1ccccc1C(=O)c1ccc(C#N)cc1N. The predicted molar refractivity (Wildman–Crippen MR) is 82.8 cm³/mol. The summed E-state index contributed by atoms with van der Waals surface area (Å²) in [5, 5.41) is 8.86. The molecule has 0 spiro atoms. The van der Waals surface area contributed by atoms with E-state index < -0.39 is 0 Å². The Labute approximate surface area is 124 Å². The zero-order chi connectivity index (χ0) is 15.4. The van der Waals surface area contributed by atoms with Crippen molar-refractivity contribution in [2.24, 2.45) is 0 Å². The van der Waals surface area contributed by atoms with Crippen molar-refractivity contribution in [3.05, 3.63) is 64.7 Å². The van der Waals surface area contributed by atoms with Crippen LogP contribution < -0.4 is 5.73 Å². The van der Waals surface area contributed by atoms with Crippen LogP contribution >= 0.6 is 0 Å². The van der Waals surface area contributed by atoms with E-state index in [0.29, 0.717) is 28.9 Å². The van der Waals surface area contributed by atoms with Gasteiger partial charge in [0.05, 0.1) is 11.6 Å². The highest BCUT2D eigenvalue weighted by Gasteiger charge is 2.16. The quantitative estimate of drug-likeness (QED) is 0.689. The summed E-state index contributed by atoms with van der Waals surface area (Å²) in [6.45, 7) is 0.679. The molecule has 21 heavy (non-hydrogen) atoms. The van der Waals surface area contributed by atoms with Gasteiger partial charge >= 0.3 is 0 Å². The van der Waals surface area contributed by atoms with E-state index in [1.165, 1.54) is 6.07 Å². The molecule has 0 bridgehead atoms. The fourth-order valence-corrected chi connectivity index (χ4v) is 2.20. The molecule has 0 saturated carbocycles. The molecule has 0 heterocycles. The van der Waals surface area contributed by atoms with E-state index in [0.717, 1.165) is 5.56 Å². The van der Waals surface area contributed by atoms with Crippen molar-refractivity contribution in [1.29, 1.82) is 5.26 Å². The summed E-state index contributed by atoms with van der Waals surface area (Å²) in [6.07, 6.45) is 0. The zero-order valence-corrected chi connectivity index (χ0v) is 12.1. The minimum absolute atomic E-state index is 0.116. The average Bonchev–Trinajstić information content (AvgIpc) is 2.46. The van der Waals surface area contributed by atoms with Crippen LogP contribution in [0.4, 0.5) is 5.69 Å². The molecule has 0 saturated heterocycles. The molecular formula is C17H17N3O. The molecule has 0 aromatic heterocycles. The topological polar surface area (TPSA) is 70.1 Å². The zero-order valence-electron chi connectivity index (χ0n) is 12.1. The fourth-order valence-electron chi connectivity index (χ4n) is 2.20. The fraction of sp³-hybridized carbons (Fsp3) is 0.176. The number of hydrogen-bond donors (Lipinski definition) is 1. The van der Waals surface area contributed by atoms with Gasteiger partial charge in [0, 0.05) is 23.4 Å². The van der Waals surface area contributed by atoms with Crippen LogP contribution in [-0.4, -0.2) is 24.8 Å². The maximum Gasteiger partial charge on any atom is 0.195 e. The number of nitrogens with two attached hydrogens (primary N) is 1. The normalized spacial score (nSPS) is 10.4.